The number of anilines is 1. The lowest BCUT2D eigenvalue weighted by molar-refractivity contribution is -0.124. The van der Waals surface area contributed by atoms with Crippen molar-refractivity contribution in [3.63, 3.8) is 0 Å². The van der Waals surface area contributed by atoms with E-state index in [1.54, 1.807) is 16.2 Å². The Hall–Kier alpha value is -2.38. The summed E-state index contributed by atoms with van der Waals surface area (Å²) in [7, 11) is 0. The molecule has 1 aromatic carbocycles. The van der Waals surface area contributed by atoms with Gasteiger partial charge in [0.25, 0.3) is 0 Å². The first-order valence-corrected chi connectivity index (χ1v) is 11.6. The van der Waals surface area contributed by atoms with Gasteiger partial charge in [-0.3, -0.25) is 19.4 Å². The van der Waals surface area contributed by atoms with E-state index in [9.17, 15) is 9.59 Å². The molecule has 0 radical (unpaired) electrons. The molecule has 2 aliphatic rings. The summed E-state index contributed by atoms with van der Waals surface area (Å²) in [6, 6.07) is 11.8. The van der Waals surface area contributed by atoms with Gasteiger partial charge >= 0.3 is 0 Å². The molecule has 6 nitrogen and oxygen atoms in total. The lowest BCUT2D eigenvalue weighted by atomic mass is 9.97. The molecule has 0 aliphatic carbocycles. The van der Waals surface area contributed by atoms with Crippen LogP contribution in [0.5, 0.6) is 5.75 Å². The van der Waals surface area contributed by atoms with Crippen molar-refractivity contribution in [2.45, 2.75) is 32.2 Å². The summed E-state index contributed by atoms with van der Waals surface area (Å²) >= 11 is 1.73. The van der Waals surface area contributed by atoms with Crippen molar-refractivity contribution in [2.75, 3.05) is 37.7 Å². The number of benzene rings is 1. The molecule has 2 aromatic rings. The van der Waals surface area contributed by atoms with Crippen LogP contribution in [0.1, 0.15) is 37.1 Å². The van der Waals surface area contributed by atoms with Gasteiger partial charge in [-0.05, 0) is 55.4 Å². The minimum Gasteiger partial charge on any atom is -0.491 e. The number of nitrogens with one attached hydrogen (secondary N) is 1. The smallest absolute Gasteiger partial charge is 0.240 e. The number of rotatable bonds is 6. The third-order valence-corrected chi connectivity index (χ3v) is 6.93. The van der Waals surface area contributed by atoms with Gasteiger partial charge in [-0.15, -0.1) is 11.3 Å². The van der Waals surface area contributed by atoms with Crippen LogP contribution in [0.2, 0.25) is 0 Å². The first-order chi connectivity index (χ1) is 14.6. The van der Waals surface area contributed by atoms with E-state index in [-0.39, 0.29) is 30.8 Å². The molecule has 7 heteroatoms. The summed E-state index contributed by atoms with van der Waals surface area (Å²) in [6.07, 6.45) is 2.65. The van der Waals surface area contributed by atoms with Crippen molar-refractivity contribution >= 4 is 28.8 Å². The Morgan fingerprint density at radius 2 is 2.03 bits per heavy atom. The third kappa shape index (κ3) is 4.84. The fraction of sp³-hybridized carbons (Fsp3) is 0.478. The predicted molar refractivity (Wildman–Crippen MR) is 119 cm³/mol. The average Bonchev–Trinajstić information content (AvgIpc) is 3.23. The van der Waals surface area contributed by atoms with E-state index < -0.39 is 0 Å². The largest absolute Gasteiger partial charge is 0.491 e. The van der Waals surface area contributed by atoms with Crippen LogP contribution in [0.25, 0.3) is 0 Å². The molecule has 1 aromatic heterocycles. The molecule has 4 rings (SSSR count). The molecule has 1 N–H and O–H groups in total. The van der Waals surface area contributed by atoms with Crippen LogP contribution < -0.4 is 15.0 Å². The first-order valence-electron chi connectivity index (χ1n) is 10.7. The topological polar surface area (TPSA) is 61.9 Å². The van der Waals surface area contributed by atoms with Gasteiger partial charge in [0.05, 0.1) is 24.8 Å². The number of likely N-dealkylation sites (tertiary alicyclic amines) is 1. The highest BCUT2D eigenvalue weighted by atomic mass is 32.1. The zero-order chi connectivity index (χ0) is 20.9. The number of amides is 2. The minimum atomic E-state index is -0.146. The van der Waals surface area contributed by atoms with Crippen molar-refractivity contribution < 1.29 is 14.3 Å². The molecule has 0 saturated carbocycles. The SMILES string of the molecule is CC1CCN([C@H](CNC(=O)CN2C(=O)CCOc3ccccc32)c2cccs2)CC1. The number of piperidine rings is 1. The van der Waals surface area contributed by atoms with Crippen LogP contribution in [0, 0.1) is 5.92 Å². The molecule has 1 fully saturated rings. The zero-order valence-corrected chi connectivity index (χ0v) is 18.2. The van der Waals surface area contributed by atoms with E-state index >= 15 is 0 Å². The highest BCUT2D eigenvalue weighted by molar-refractivity contribution is 7.10. The number of carbonyl (C=O) groups excluding carboxylic acids is 2. The van der Waals surface area contributed by atoms with Crippen LogP contribution in [-0.2, 0) is 9.59 Å². The van der Waals surface area contributed by atoms with Gasteiger partial charge in [0.2, 0.25) is 11.8 Å². The van der Waals surface area contributed by atoms with E-state index in [0.717, 1.165) is 19.0 Å². The summed E-state index contributed by atoms with van der Waals surface area (Å²) < 4.78 is 5.67. The molecule has 2 aliphatic heterocycles. The first kappa shape index (κ1) is 20.9. The van der Waals surface area contributed by atoms with Crippen molar-refractivity contribution in [1.29, 1.82) is 0 Å². The molecule has 1 atom stereocenters. The number of thiophene rings is 1. The molecule has 0 unspecified atom stereocenters. The number of hydrogen-bond donors (Lipinski definition) is 1. The van der Waals surface area contributed by atoms with Crippen LogP contribution >= 0.6 is 11.3 Å². The Labute approximate surface area is 181 Å². The Morgan fingerprint density at radius 3 is 2.80 bits per heavy atom. The van der Waals surface area contributed by atoms with Crippen LogP contribution in [0.4, 0.5) is 5.69 Å². The maximum atomic E-state index is 12.8. The fourth-order valence-corrected chi connectivity index (χ4v) is 4.99. The Morgan fingerprint density at radius 1 is 1.23 bits per heavy atom. The van der Waals surface area contributed by atoms with Gasteiger partial charge < -0.3 is 10.1 Å². The predicted octanol–water partition coefficient (Wildman–Crippen LogP) is 3.45. The summed E-state index contributed by atoms with van der Waals surface area (Å²) in [6.45, 7) is 5.30. The average molecular weight is 428 g/mol. The minimum absolute atomic E-state index is 0.00734. The molecule has 160 valence electrons. The van der Waals surface area contributed by atoms with Gasteiger partial charge in [0.1, 0.15) is 12.3 Å². The maximum absolute atomic E-state index is 12.8. The molecular formula is C23H29N3O3S. The number of carbonyl (C=O) groups is 2. The van der Waals surface area contributed by atoms with Crippen LogP contribution in [0.15, 0.2) is 41.8 Å². The Balaban J connectivity index is 1.42. The molecule has 1 saturated heterocycles. The van der Waals surface area contributed by atoms with Crippen molar-refractivity contribution in [3.05, 3.63) is 46.7 Å². The van der Waals surface area contributed by atoms with Gasteiger partial charge in [-0.2, -0.15) is 0 Å². The monoisotopic (exact) mass is 427 g/mol. The molecule has 2 amide bonds. The highest BCUT2D eigenvalue weighted by Gasteiger charge is 2.28. The van der Waals surface area contributed by atoms with E-state index in [1.807, 2.05) is 24.3 Å². The molecular weight excluding hydrogens is 398 g/mol. The summed E-state index contributed by atoms with van der Waals surface area (Å²) in [4.78, 5) is 30.7. The van der Waals surface area contributed by atoms with Crippen LogP contribution in [0.3, 0.4) is 0 Å². The Bertz CT molecular complexity index is 862. The zero-order valence-electron chi connectivity index (χ0n) is 17.4. The second-order valence-electron chi connectivity index (χ2n) is 8.10. The molecule has 30 heavy (non-hydrogen) atoms. The van der Waals surface area contributed by atoms with Crippen LogP contribution in [-0.4, -0.2) is 49.5 Å². The van der Waals surface area contributed by atoms with Crippen molar-refractivity contribution in [2.24, 2.45) is 5.92 Å². The van der Waals surface area contributed by atoms with E-state index in [4.69, 9.17) is 4.74 Å². The number of fused-ring (bicyclic) bond motifs is 1. The number of nitrogens with zero attached hydrogens (tertiary/aromatic N) is 2. The number of para-hydroxylation sites is 2. The maximum Gasteiger partial charge on any atom is 0.240 e. The van der Waals surface area contributed by atoms with E-state index in [1.165, 1.54) is 17.7 Å². The lowest BCUT2D eigenvalue weighted by Crippen LogP contribution is -2.45. The summed E-state index contributed by atoms with van der Waals surface area (Å²) in [5.74, 6) is 1.17. The highest BCUT2D eigenvalue weighted by Crippen LogP contribution is 2.31. The molecule has 0 spiro atoms. The van der Waals surface area contributed by atoms with Gasteiger partial charge in [-0.25, -0.2) is 0 Å². The van der Waals surface area contributed by atoms with E-state index in [2.05, 4.69) is 34.7 Å². The van der Waals surface area contributed by atoms with Gasteiger partial charge in [-0.1, -0.05) is 25.1 Å². The number of ether oxygens (including phenoxy) is 1. The fourth-order valence-electron chi connectivity index (χ4n) is 4.13. The summed E-state index contributed by atoms with van der Waals surface area (Å²) in [5, 5.41) is 5.18. The van der Waals surface area contributed by atoms with E-state index in [0.29, 0.717) is 24.6 Å². The van der Waals surface area contributed by atoms with Gasteiger partial charge in [0, 0.05) is 11.4 Å². The van der Waals surface area contributed by atoms with Crippen molar-refractivity contribution in [3.8, 4) is 5.75 Å². The second-order valence-corrected chi connectivity index (χ2v) is 9.08. The standard InChI is InChI=1S/C23H29N3O3S/c1-17-8-11-25(12-9-17)19(21-7-4-14-30-21)15-24-22(27)16-26-18-5-2-3-6-20(18)29-13-10-23(26)28/h2-7,14,17,19H,8-13,15-16H2,1H3,(H,24,27)/t19-/m1/s1. The Kier molecular flexibility index (Phi) is 6.69. The quantitative estimate of drug-likeness (QED) is 0.767. The van der Waals surface area contributed by atoms with Crippen molar-refractivity contribution in [1.82, 2.24) is 10.2 Å². The third-order valence-electron chi connectivity index (χ3n) is 5.96. The normalized spacial score (nSPS) is 19.0. The molecule has 3 heterocycles. The van der Waals surface area contributed by atoms with Gasteiger partial charge in [0.15, 0.2) is 0 Å². The molecule has 0 bridgehead atoms. The second kappa shape index (κ2) is 9.62. The number of hydrogen-bond acceptors (Lipinski definition) is 5. The summed E-state index contributed by atoms with van der Waals surface area (Å²) in [5.41, 5.74) is 0.662. The lowest BCUT2D eigenvalue weighted by Gasteiger charge is -2.36.